The van der Waals surface area contributed by atoms with Gasteiger partial charge in [-0.15, -0.1) is 24.8 Å². The van der Waals surface area contributed by atoms with Gasteiger partial charge in [-0.2, -0.15) is 0 Å². The first kappa shape index (κ1) is 25.1. The SMILES string of the molecule is CN(C)CCN1CCC(CNC(=O)CC(N)c2ccccc2)CC1.Cl.Cl. The molecule has 1 amide bonds. The molecule has 0 saturated carbocycles. The van der Waals surface area contributed by atoms with Gasteiger partial charge in [0, 0.05) is 32.1 Å². The molecule has 1 unspecified atom stereocenters. The Bertz CT molecular complexity index is 494. The quantitative estimate of drug-likeness (QED) is 0.697. The van der Waals surface area contributed by atoms with E-state index in [2.05, 4.69) is 29.2 Å². The van der Waals surface area contributed by atoms with Gasteiger partial charge in [0.2, 0.25) is 5.91 Å². The summed E-state index contributed by atoms with van der Waals surface area (Å²) in [7, 11) is 4.23. The number of likely N-dealkylation sites (tertiary alicyclic amines) is 1. The first-order chi connectivity index (χ1) is 11.5. The molecule has 26 heavy (non-hydrogen) atoms. The van der Waals surface area contributed by atoms with E-state index in [-0.39, 0.29) is 36.8 Å². The van der Waals surface area contributed by atoms with E-state index in [1.165, 1.54) is 12.8 Å². The van der Waals surface area contributed by atoms with Crippen molar-refractivity contribution >= 4 is 30.7 Å². The second-order valence-electron chi connectivity index (χ2n) is 7.11. The van der Waals surface area contributed by atoms with Crippen LogP contribution in [-0.4, -0.2) is 62.5 Å². The van der Waals surface area contributed by atoms with Gasteiger partial charge in [0.1, 0.15) is 0 Å². The van der Waals surface area contributed by atoms with Gasteiger partial charge in [0.25, 0.3) is 0 Å². The Morgan fingerprint density at radius 3 is 2.42 bits per heavy atom. The van der Waals surface area contributed by atoms with Crippen LogP contribution >= 0.6 is 24.8 Å². The Hall–Kier alpha value is -0.850. The van der Waals surface area contributed by atoms with E-state index in [9.17, 15) is 4.79 Å². The van der Waals surface area contributed by atoms with Crippen LogP contribution in [0.2, 0.25) is 0 Å². The van der Waals surface area contributed by atoms with Gasteiger partial charge in [0.15, 0.2) is 0 Å². The molecule has 0 radical (unpaired) electrons. The van der Waals surface area contributed by atoms with E-state index in [1.54, 1.807) is 0 Å². The number of rotatable bonds is 8. The van der Waals surface area contributed by atoms with Gasteiger partial charge < -0.3 is 20.9 Å². The molecule has 1 heterocycles. The summed E-state index contributed by atoms with van der Waals surface area (Å²) >= 11 is 0. The third-order valence-electron chi connectivity index (χ3n) is 4.79. The maximum Gasteiger partial charge on any atom is 0.221 e. The lowest BCUT2D eigenvalue weighted by Crippen LogP contribution is -2.41. The molecule has 0 aromatic heterocycles. The fourth-order valence-electron chi connectivity index (χ4n) is 3.10. The molecule has 0 spiro atoms. The van der Waals surface area contributed by atoms with Crippen molar-refractivity contribution in [3.63, 3.8) is 0 Å². The molecular formula is C19H34Cl2N4O. The van der Waals surface area contributed by atoms with Crippen LogP contribution in [0.25, 0.3) is 0 Å². The molecule has 1 aliphatic heterocycles. The van der Waals surface area contributed by atoms with Crippen LogP contribution in [-0.2, 0) is 4.79 Å². The Morgan fingerprint density at radius 2 is 1.85 bits per heavy atom. The summed E-state index contributed by atoms with van der Waals surface area (Å²) in [5.74, 6) is 0.652. The summed E-state index contributed by atoms with van der Waals surface area (Å²) in [6.45, 7) is 5.30. The van der Waals surface area contributed by atoms with Crippen molar-refractivity contribution in [2.75, 3.05) is 46.8 Å². The Balaban J connectivity index is 0.00000312. The highest BCUT2D eigenvalue weighted by molar-refractivity contribution is 5.85. The predicted octanol–water partition coefficient (Wildman–Crippen LogP) is 2.31. The number of halogens is 2. The van der Waals surface area contributed by atoms with Gasteiger partial charge in [-0.25, -0.2) is 0 Å². The number of nitrogens with two attached hydrogens (primary N) is 1. The first-order valence-corrected chi connectivity index (χ1v) is 8.99. The van der Waals surface area contributed by atoms with E-state index in [4.69, 9.17) is 5.73 Å². The third-order valence-corrected chi connectivity index (χ3v) is 4.79. The molecule has 1 fully saturated rings. The van der Waals surface area contributed by atoms with Crippen molar-refractivity contribution in [3.8, 4) is 0 Å². The highest BCUT2D eigenvalue weighted by Gasteiger charge is 2.20. The maximum atomic E-state index is 12.1. The van der Waals surface area contributed by atoms with Gasteiger partial charge in [-0.3, -0.25) is 4.79 Å². The number of carbonyl (C=O) groups excluding carboxylic acids is 1. The summed E-state index contributed by atoms with van der Waals surface area (Å²) in [6, 6.07) is 9.59. The molecule has 1 aromatic rings. The minimum absolute atomic E-state index is 0. The lowest BCUT2D eigenvalue weighted by molar-refractivity contribution is -0.121. The smallest absolute Gasteiger partial charge is 0.221 e. The van der Waals surface area contributed by atoms with Crippen molar-refractivity contribution < 1.29 is 4.79 Å². The zero-order chi connectivity index (χ0) is 17.4. The average Bonchev–Trinajstić information content (AvgIpc) is 2.59. The molecular weight excluding hydrogens is 371 g/mol. The van der Waals surface area contributed by atoms with Crippen LogP contribution in [0.5, 0.6) is 0 Å². The van der Waals surface area contributed by atoms with Crippen LogP contribution in [0.3, 0.4) is 0 Å². The van der Waals surface area contributed by atoms with Crippen molar-refractivity contribution in [1.82, 2.24) is 15.1 Å². The number of hydrogen-bond donors (Lipinski definition) is 2. The number of hydrogen-bond acceptors (Lipinski definition) is 4. The molecule has 1 aliphatic rings. The molecule has 150 valence electrons. The van der Waals surface area contributed by atoms with Crippen LogP contribution in [0.1, 0.15) is 30.9 Å². The Morgan fingerprint density at radius 1 is 1.23 bits per heavy atom. The van der Waals surface area contributed by atoms with E-state index >= 15 is 0 Å². The molecule has 7 heteroatoms. The number of nitrogens with one attached hydrogen (secondary N) is 1. The molecule has 2 rings (SSSR count). The highest BCUT2D eigenvalue weighted by atomic mass is 35.5. The maximum absolute atomic E-state index is 12.1. The standard InChI is InChI=1S/C19H32N4O.2ClH/c1-22(2)12-13-23-10-8-16(9-11-23)15-21-19(24)14-18(20)17-6-4-3-5-7-17;;/h3-7,16,18H,8-15,20H2,1-2H3,(H,21,24);2*1H. The fraction of sp³-hybridized carbons (Fsp3) is 0.632. The lowest BCUT2D eigenvalue weighted by Gasteiger charge is -2.32. The fourth-order valence-corrected chi connectivity index (χ4v) is 3.10. The molecule has 0 aliphatic carbocycles. The van der Waals surface area contributed by atoms with Gasteiger partial charge in [-0.1, -0.05) is 30.3 Å². The van der Waals surface area contributed by atoms with Crippen molar-refractivity contribution in [3.05, 3.63) is 35.9 Å². The van der Waals surface area contributed by atoms with E-state index in [1.807, 2.05) is 30.3 Å². The first-order valence-electron chi connectivity index (χ1n) is 8.99. The summed E-state index contributed by atoms with van der Waals surface area (Å²) in [6.07, 6.45) is 2.68. The molecule has 1 saturated heterocycles. The van der Waals surface area contributed by atoms with Gasteiger partial charge in [-0.05, 0) is 51.5 Å². The Labute approximate surface area is 170 Å². The van der Waals surface area contributed by atoms with Gasteiger partial charge >= 0.3 is 0 Å². The lowest BCUT2D eigenvalue weighted by atomic mass is 9.96. The number of nitrogens with zero attached hydrogens (tertiary/aromatic N) is 2. The normalized spacial score (nSPS) is 16.5. The number of likely N-dealkylation sites (N-methyl/N-ethyl adjacent to an activating group) is 1. The van der Waals surface area contributed by atoms with Crippen LogP contribution in [0.4, 0.5) is 0 Å². The van der Waals surface area contributed by atoms with Crippen LogP contribution < -0.4 is 11.1 Å². The van der Waals surface area contributed by atoms with Gasteiger partial charge in [0.05, 0.1) is 0 Å². The predicted molar refractivity (Wildman–Crippen MR) is 113 cm³/mol. The second kappa shape index (κ2) is 13.3. The summed E-state index contributed by atoms with van der Waals surface area (Å²) < 4.78 is 0. The highest BCUT2D eigenvalue weighted by Crippen LogP contribution is 2.17. The van der Waals surface area contributed by atoms with E-state index in [0.29, 0.717) is 12.3 Å². The van der Waals surface area contributed by atoms with Crippen LogP contribution in [0, 0.1) is 5.92 Å². The zero-order valence-corrected chi connectivity index (χ0v) is 17.5. The van der Waals surface area contributed by atoms with E-state index in [0.717, 1.165) is 38.3 Å². The van der Waals surface area contributed by atoms with Crippen molar-refractivity contribution in [1.29, 1.82) is 0 Å². The van der Waals surface area contributed by atoms with Crippen molar-refractivity contribution in [2.45, 2.75) is 25.3 Å². The Kier molecular flexibility index (Phi) is 12.9. The molecule has 3 N–H and O–H groups in total. The zero-order valence-electron chi connectivity index (χ0n) is 15.9. The summed E-state index contributed by atoms with van der Waals surface area (Å²) in [4.78, 5) is 16.8. The minimum Gasteiger partial charge on any atom is -0.356 e. The molecule has 1 atom stereocenters. The summed E-state index contributed by atoms with van der Waals surface area (Å²) in [5, 5.41) is 3.07. The molecule has 5 nitrogen and oxygen atoms in total. The number of piperidine rings is 1. The molecule has 0 bridgehead atoms. The van der Waals surface area contributed by atoms with Crippen LogP contribution in [0.15, 0.2) is 30.3 Å². The average molecular weight is 405 g/mol. The second-order valence-corrected chi connectivity index (χ2v) is 7.11. The van der Waals surface area contributed by atoms with E-state index < -0.39 is 0 Å². The topological polar surface area (TPSA) is 61.6 Å². The number of benzene rings is 1. The number of amides is 1. The monoisotopic (exact) mass is 404 g/mol. The third kappa shape index (κ3) is 9.19. The van der Waals surface area contributed by atoms with Crippen molar-refractivity contribution in [2.24, 2.45) is 11.7 Å². The summed E-state index contributed by atoms with van der Waals surface area (Å²) in [5.41, 5.74) is 7.12. The number of carbonyl (C=O) groups is 1. The molecule has 1 aromatic carbocycles. The largest absolute Gasteiger partial charge is 0.356 e. The minimum atomic E-state index is -0.223.